The SMILES string of the molecule is CC(C)C.Cc1cc2c(o1)C1CCC(C1)C2O. The van der Waals surface area contributed by atoms with Crippen LogP contribution >= 0.6 is 0 Å². The lowest BCUT2D eigenvalue weighted by atomic mass is 9.86. The Balaban J connectivity index is 0.000000239. The van der Waals surface area contributed by atoms with Gasteiger partial charge in [-0.2, -0.15) is 0 Å². The highest BCUT2D eigenvalue weighted by Gasteiger charge is 2.41. The molecule has 0 amide bonds. The monoisotopic (exact) mass is 236 g/mol. The average molecular weight is 236 g/mol. The summed E-state index contributed by atoms with van der Waals surface area (Å²) in [7, 11) is 0. The van der Waals surface area contributed by atoms with Crippen molar-refractivity contribution >= 4 is 0 Å². The molecule has 0 spiro atoms. The molecule has 2 aliphatic rings. The molecule has 2 aliphatic carbocycles. The maximum absolute atomic E-state index is 10.0. The van der Waals surface area contributed by atoms with Crippen LogP contribution in [0.2, 0.25) is 0 Å². The van der Waals surface area contributed by atoms with E-state index in [4.69, 9.17) is 4.42 Å². The van der Waals surface area contributed by atoms with E-state index in [1.807, 2.05) is 13.0 Å². The van der Waals surface area contributed by atoms with Gasteiger partial charge in [0.15, 0.2) is 0 Å². The second-order valence-electron chi connectivity index (χ2n) is 6.12. The summed E-state index contributed by atoms with van der Waals surface area (Å²) in [6.45, 7) is 8.46. The van der Waals surface area contributed by atoms with E-state index in [1.165, 1.54) is 6.42 Å². The van der Waals surface area contributed by atoms with Crippen LogP contribution in [0.25, 0.3) is 0 Å². The van der Waals surface area contributed by atoms with Crippen molar-refractivity contribution in [2.24, 2.45) is 11.8 Å². The van der Waals surface area contributed by atoms with E-state index < -0.39 is 0 Å². The molecule has 2 bridgehead atoms. The molecule has 1 saturated carbocycles. The number of aliphatic hydroxyl groups excluding tert-OH is 1. The van der Waals surface area contributed by atoms with Crippen LogP contribution in [0.15, 0.2) is 10.5 Å². The van der Waals surface area contributed by atoms with Crippen LogP contribution in [0.1, 0.15) is 69.1 Å². The molecule has 0 radical (unpaired) electrons. The van der Waals surface area contributed by atoms with E-state index in [0.29, 0.717) is 11.8 Å². The van der Waals surface area contributed by atoms with Crippen LogP contribution in [0.4, 0.5) is 0 Å². The Morgan fingerprint density at radius 1 is 1.29 bits per heavy atom. The number of aryl methyl sites for hydroxylation is 1. The molecule has 3 unspecified atom stereocenters. The van der Waals surface area contributed by atoms with Gasteiger partial charge in [-0.05, 0) is 44.1 Å². The van der Waals surface area contributed by atoms with E-state index in [2.05, 4.69) is 20.8 Å². The number of rotatable bonds is 0. The number of furan rings is 1. The highest BCUT2D eigenvalue weighted by atomic mass is 16.3. The van der Waals surface area contributed by atoms with Crippen LogP contribution in [-0.4, -0.2) is 5.11 Å². The van der Waals surface area contributed by atoms with Crippen molar-refractivity contribution in [3.05, 3.63) is 23.2 Å². The molecule has 1 aromatic rings. The van der Waals surface area contributed by atoms with Crippen molar-refractivity contribution in [2.45, 2.75) is 59.0 Å². The molecule has 1 aromatic heterocycles. The van der Waals surface area contributed by atoms with Gasteiger partial charge in [0.25, 0.3) is 0 Å². The van der Waals surface area contributed by atoms with E-state index in [0.717, 1.165) is 35.8 Å². The molecular formula is C15H24O2. The summed E-state index contributed by atoms with van der Waals surface area (Å²) >= 11 is 0. The third kappa shape index (κ3) is 2.57. The fourth-order valence-electron chi connectivity index (χ4n) is 2.90. The molecule has 3 atom stereocenters. The fraction of sp³-hybridized carbons (Fsp3) is 0.733. The Morgan fingerprint density at radius 3 is 2.59 bits per heavy atom. The standard InChI is InChI=1S/C11H14O2.C4H10/c1-6-4-9-10(12)7-2-3-8(5-7)11(9)13-6;1-4(2)3/h4,7-8,10,12H,2-3,5H2,1H3;4H,1-3H3. The minimum absolute atomic E-state index is 0.258. The fourth-order valence-corrected chi connectivity index (χ4v) is 2.90. The Kier molecular flexibility index (Phi) is 3.62. The number of fused-ring (bicyclic) bond motifs is 4. The Labute approximate surface area is 104 Å². The molecule has 17 heavy (non-hydrogen) atoms. The van der Waals surface area contributed by atoms with Crippen molar-refractivity contribution in [3.63, 3.8) is 0 Å². The van der Waals surface area contributed by atoms with Crippen molar-refractivity contribution in [2.75, 3.05) is 0 Å². The number of hydrogen-bond donors (Lipinski definition) is 1. The molecule has 3 rings (SSSR count). The molecule has 1 fully saturated rings. The topological polar surface area (TPSA) is 33.4 Å². The molecular weight excluding hydrogens is 212 g/mol. The van der Waals surface area contributed by atoms with Crippen LogP contribution in [0, 0.1) is 18.8 Å². The first kappa shape index (κ1) is 12.7. The highest BCUT2D eigenvalue weighted by Crippen LogP contribution is 2.51. The summed E-state index contributed by atoms with van der Waals surface area (Å²) in [6, 6.07) is 2.00. The van der Waals surface area contributed by atoms with E-state index in [-0.39, 0.29) is 6.10 Å². The zero-order valence-corrected chi connectivity index (χ0v) is 11.4. The molecule has 96 valence electrons. The molecule has 0 saturated heterocycles. The van der Waals surface area contributed by atoms with Gasteiger partial charge in [-0.15, -0.1) is 0 Å². The second kappa shape index (κ2) is 4.85. The largest absolute Gasteiger partial charge is 0.466 e. The quantitative estimate of drug-likeness (QED) is 0.733. The van der Waals surface area contributed by atoms with Gasteiger partial charge < -0.3 is 9.52 Å². The Hall–Kier alpha value is -0.760. The van der Waals surface area contributed by atoms with Crippen LogP contribution in [0.5, 0.6) is 0 Å². The maximum atomic E-state index is 10.0. The lowest BCUT2D eigenvalue weighted by Crippen LogP contribution is -2.15. The first-order valence-electron chi connectivity index (χ1n) is 6.77. The highest BCUT2D eigenvalue weighted by molar-refractivity contribution is 5.31. The second-order valence-corrected chi connectivity index (χ2v) is 6.12. The Morgan fingerprint density at radius 2 is 1.94 bits per heavy atom. The maximum Gasteiger partial charge on any atom is 0.113 e. The molecule has 1 N–H and O–H groups in total. The number of aliphatic hydroxyl groups is 1. The summed E-state index contributed by atoms with van der Waals surface area (Å²) in [4.78, 5) is 0. The molecule has 0 aromatic carbocycles. The minimum atomic E-state index is -0.258. The van der Waals surface area contributed by atoms with Crippen molar-refractivity contribution in [1.82, 2.24) is 0 Å². The summed E-state index contributed by atoms with van der Waals surface area (Å²) in [5.74, 6) is 3.93. The van der Waals surface area contributed by atoms with Crippen LogP contribution in [0.3, 0.4) is 0 Å². The first-order chi connectivity index (χ1) is 7.99. The van der Waals surface area contributed by atoms with Crippen LogP contribution < -0.4 is 0 Å². The first-order valence-corrected chi connectivity index (χ1v) is 6.77. The van der Waals surface area contributed by atoms with E-state index >= 15 is 0 Å². The Bertz CT molecular complexity index is 362. The smallest absolute Gasteiger partial charge is 0.113 e. The third-order valence-electron chi connectivity index (χ3n) is 3.52. The summed E-state index contributed by atoms with van der Waals surface area (Å²) in [5, 5.41) is 10.0. The molecule has 2 heteroatoms. The summed E-state index contributed by atoms with van der Waals surface area (Å²) in [6.07, 6.45) is 3.23. The van der Waals surface area contributed by atoms with Gasteiger partial charge in [-0.3, -0.25) is 0 Å². The van der Waals surface area contributed by atoms with Gasteiger partial charge in [0, 0.05) is 11.5 Å². The molecule has 0 aliphatic heterocycles. The van der Waals surface area contributed by atoms with Gasteiger partial charge in [0.05, 0.1) is 6.10 Å². The normalized spacial score (nSPS) is 29.9. The van der Waals surface area contributed by atoms with E-state index in [1.54, 1.807) is 0 Å². The van der Waals surface area contributed by atoms with Gasteiger partial charge in [-0.1, -0.05) is 20.8 Å². The zero-order chi connectivity index (χ0) is 12.6. The van der Waals surface area contributed by atoms with Gasteiger partial charge in [0.1, 0.15) is 11.5 Å². The van der Waals surface area contributed by atoms with Gasteiger partial charge in [-0.25, -0.2) is 0 Å². The van der Waals surface area contributed by atoms with Gasteiger partial charge in [0.2, 0.25) is 0 Å². The number of hydrogen-bond acceptors (Lipinski definition) is 2. The predicted octanol–water partition coefficient (Wildman–Crippen LogP) is 4.18. The van der Waals surface area contributed by atoms with Crippen molar-refractivity contribution in [1.29, 1.82) is 0 Å². The van der Waals surface area contributed by atoms with Crippen molar-refractivity contribution in [3.8, 4) is 0 Å². The molecule has 1 heterocycles. The van der Waals surface area contributed by atoms with E-state index in [9.17, 15) is 5.11 Å². The zero-order valence-electron chi connectivity index (χ0n) is 11.4. The lowest BCUT2D eigenvalue weighted by molar-refractivity contribution is 0.101. The summed E-state index contributed by atoms with van der Waals surface area (Å²) < 4.78 is 5.65. The molecule has 2 nitrogen and oxygen atoms in total. The third-order valence-corrected chi connectivity index (χ3v) is 3.52. The predicted molar refractivity (Wildman–Crippen MR) is 69.0 cm³/mol. The van der Waals surface area contributed by atoms with Gasteiger partial charge >= 0.3 is 0 Å². The summed E-state index contributed by atoms with van der Waals surface area (Å²) in [5.41, 5.74) is 1.07. The van der Waals surface area contributed by atoms with Crippen LogP contribution in [-0.2, 0) is 0 Å². The lowest BCUT2D eigenvalue weighted by Gasteiger charge is -2.23. The average Bonchev–Trinajstić information content (AvgIpc) is 2.78. The van der Waals surface area contributed by atoms with Crippen molar-refractivity contribution < 1.29 is 9.52 Å². The minimum Gasteiger partial charge on any atom is -0.466 e.